The number of nitrogens with one attached hydrogen (secondary N) is 2. The lowest BCUT2D eigenvalue weighted by Crippen LogP contribution is -2.30. The van der Waals surface area contributed by atoms with E-state index in [1.54, 1.807) is 6.20 Å². The number of aromatic hydroxyl groups is 1. The second kappa shape index (κ2) is 9.43. The first kappa shape index (κ1) is 22.5. The molecule has 3 N–H and O–H groups in total. The molecule has 2 aromatic carbocycles. The average molecular weight is 456 g/mol. The van der Waals surface area contributed by atoms with E-state index in [0.717, 1.165) is 54.4 Å². The van der Waals surface area contributed by atoms with Gasteiger partial charge in [-0.15, -0.1) is 0 Å². The molecule has 0 saturated heterocycles. The number of anilines is 1. The minimum absolute atomic E-state index is 0.0487. The van der Waals surface area contributed by atoms with Crippen LogP contribution in [0, 0.1) is 11.7 Å². The molecule has 1 aliphatic carbocycles. The Morgan fingerprint density at radius 2 is 1.94 bits per heavy atom. The zero-order chi connectivity index (χ0) is 22.8. The van der Waals surface area contributed by atoms with E-state index in [1.807, 2.05) is 25.2 Å². The highest BCUT2D eigenvalue weighted by Gasteiger charge is 2.23. The third-order valence-corrected chi connectivity index (χ3v) is 6.57. The zero-order valence-corrected chi connectivity index (χ0v) is 19.0. The first-order chi connectivity index (χ1) is 15.4. The second-order valence-electron chi connectivity index (χ2n) is 8.54. The van der Waals surface area contributed by atoms with Crippen LogP contribution in [0.15, 0.2) is 36.5 Å². The first-order valence-corrected chi connectivity index (χ1v) is 11.3. The van der Waals surface area contributed by atoms with Crippen molar-refractivity contribution in [3.63, 3.8) is 0 Å². The van der Waals surface area contributed by atoms with Crippen molar-refractivity contribution in [1.29, 1.82) is 0 Å². The number of hydrogen-bond donors (Lipinski definition) is 3. The van der Waals surface area contributed by atoms with Crippen LogP contribution in [-0.4, -0.2) is 35.5 Å². The molecule has 32 heavy (non-hydrogen) atoms. The predicted octanol–water partition coefficient (Wildman–Crippen LogP) is 5.79. The molecule has 168 valence electrons. The lowest BCUT2D eigenvalue weighted by atomic mass is 9.85. The zero-order valence-electron chi connectivity index (χ0n) is 18.2. The van der Waals surface area contributed by atoms with Gasteiger partial charge in [-0.2, -0.15) is 0 Å². The van der Waals surface area contributed by atoms with E-state index in [1.165, 1.54) is 19.1 Å². The van der Waals surface area contributed by atoms with Crippen molar-refractivity contribution >= 4 is 34.0 Å². The maximum atomic E-state index is 14.1. The van der Waals surface area contributed by atoms with Crippen molar-refractivity contribution in [2.24, 2.45) is 5.92 Å². The Morgan fingerprint density at radius 1 is 1.19 bits per heavy atom. The largest absolute Gasteiger partial charge is 0.504 e. The molecule has 0 spiro atoms. The number of hydrogen-bond acceptors (Lipinski definition) is 5. The van der Waals surface area contributed by atoms with Gasteiger partial charge in [-0.1, -0.05) is 17.7 Å². The fourth-order valence-corrected chi connectivity index (χ4v) is 4.74. The minimum Gasteiger partial charge on any atom is -0.504 e. The van der Waals surface area contributed by atoms with E-state index in [9.17, 15) is 14.3 Å². The predicted molar refractivity (Wildman–Crippen MR) is 127 cm³/mol. The SMILES string of the molecule is CNCC1CCC(Nc2c(C(C)=O)cnc3ccc(-c4cc(F)c(O)c(Cl)c4)cc23)CC1. The number of carbonyl (C=O) groups excluding carboxylic acids is 1. The van der Waals surface area contributed by atoms with Gasteiger partial charge in [0.15, 0.2) is 17.3 Å². The van der Waals surface area contributed by atoms with Gasteiger partial charge in [-0.3, -0.25) is 9.78 Å². The van der Waals surface area contributed by atoms with Gasteiger partial charge in [-0.25, -0.2) is 4.39 Å². The maximum Gasteiger partial charge on any atom is 0.170 e. The minimum atomic E-state index is -0.778. The van der Waals surface area contributed by atoms with Crippen LogP contribution in [0.1, 0.15) is 43.0 Å². The number of aromatic nitrogens is 1. The third-order valence-electron chi connectivity index (χ3n) is 6.29. The van der Waals surface area contributed by atoms with Crippen LogP contribution in [-0.2, 0) is 0 Å². The smallest absolute Gasteiger partial charge is 0.170 e. The van der Waals surface area contributed by atoms with Gasteiger partial charge in [-0.05, 0) is 87.5 Å². The van der Waals surface area contributed by atoms with Crippen molar-refractivity contribution in [2.75, 3.05) is 18.9 Å². The standard InChI is InChI=1S/C25H27ClFN3O2/c1-14(31)20-13-29-23-8-5-16(17-10-21(26)25(32)22(27)11-17)9-19(23)24(20)30-18-6-3-15(4-7-18)12-28-2/h5,8-11,13,15,18,28,32H,3-4,6-7,12H2,1-2H3,(H,29,30). The molecule has 3 aromatic rings. The first-order valence-electron chi connectivity index (χ1n) is 10.9. The summed E-state index contributed by atoms with van der Waals surface area (Å²) in [5.41, 5.74) is 3.32. The quantitative estimate of drug-likeness (QED) is 0.410. The Bertz CT molecular complexity index is 1140. The number of phenolic OH excluding ortho intramolecular Hbond substituents is 1. The number of pyridine rings is 1. The highest BCUT2D eigenvalue weighted by molar-refractivity contribution is 6.32. The number of fused-ring (bicyclic) bond motifs is 1. The number of ketones is 1. The van der Waals surface area contributed by atoms with E-state index >= 15 is 0 Å². The van der Waals surface area contributed by atoms with Gasteiger partial charge in [0.05, 0.1) is 21.8 Å². The Kier molecular flexibility index (Phi) is 6.63. The number of benzene rings is 2. The van der Waals surface area contributed by atoms with Crippen LogP contribution >= 0.6 is 11.6 Å². The highest BCUT2D eigenvalue weighted by Crippen LogP contribution is 2.36. The highest BCUT2D eigenvalue weighted by atomic mass is 35.5. The van der Waals surface area contributed by atoms with Gasteiger partial charge >= 0.3 is 0 Å². The van der Waals surface area contributed by atoms with Crippen LogP contribution in [0.25, 0.3) is 22.0 Å². The number of carbonyl (C=O) groups is 1. The number of rotatable bonds is 6. The Hall–Kier alpha value is -2.70. The Balaban J connectivity index is 1.74. The molecule has 7 heteroatoms. The summed E-state index contributed by atoms with van der Waals surface area (Å²) in [5, 5.41) is 17.3. The van der Waals surface area contributed by atoms with Gasteiger partial charge < -0.3 is 15.7 Å². The molecule has 0 atom stereocenters. The average Bonchev–Trinajstić information content (AvgIpc) is 2.78. The van der Waals surface area contributed by atoms with Gasteiger partial charge in [0, 0.05) is 17.6 Å². The lowest BCUT2D eigenvalue weighted by molar-refractivity contribution is 0.101. The number of nitrogens with zero attached hydrogens (tertiary/aromatic N) is 1. The van der Waals surface area contributed by atoms with Gasteiger partial charge in [0.2, 0.25) is 0 Å². The summed E-state index contributed by atoms with van der Waals surface area (Å²) in [7, 11) is 1.98. The molecule has 0 bridgehead atoms. The molecule has 1 fully saturated rings. The molecule has 1 aromatic heterocycles. The summed E-state index contributed by atoms with van der Waals surface area (Å²) in [6.07, 6.45) is 5.95. The lowest BCUT2D eigenvalue weighted by Gasteiger charge is -2.30. The summed E-state index contributed by atoms with van der Waals surface area (Å²) < 4.78 is 14.1. The van der Waals surface area contributed by atoms with Crippen LogP contribution < -0.4 is 10.6 Å². The van der Waals surface area contributed by atoms with E-state index in [2.05, 4.69) is 15.6 Å². The topological polar surface area (TPSA) is 74.2 Å². The molecule has 0 unspecified atom stereocenters. The van der Waals surface area contributed by atoms with E-state index in [-0.39, 0.29) is 16.8 Å². The third kappa shape index (κ3) is 4.57. The van der Waals surface area contributed by atoms with E-state index in [0.29, 0.717) is 17.0 Å². The Labute approximate surface area is 192 Å². The summed E-state index contributed by atoms with van der Waals surface area (Å²) in [5.74, 6) is -0.719. The normalized spacial score (nSPS) is 18.6. The van der Waals surface area contributed by atoms with Gasteiger partial charge in [0.25, 0.3) is 0 Å². The summed E-state index contributed by atoms with van der Waals surface area (Å²) in [6, 6.07) is 8.63. The molecular formula is C25H27ClFN3O2. The monoisotopic (exact) mass is 455 g/mol. The number of halogens is 2. The summed E-state index contributed by atoms with van der Waals surface area (Å²) in [6.45, 7) is 2.57. The van der Waals surface area contributed by atoms with E-state index < -0.39 is 11.6 Å². The molecule has 1 heterocycles. The van der Waals surface area contributed by atoms with Crippen molar-refractivity contribution in [3.05, 3.63) is 52.9 Å². The fraction of sp³-hybridized carbons (Fsp3) is 0.360. The fourth-order valence-electron chi connectivity index (χ4n) is 4.53. The Morgan fingerprint density at radius 3 is 2.59 bits per heavy atom. The summed E-state index contributed by atoms with van der Waals surface area (Å²) >= 11 is 5.98. The van der Waals surface area contributed by atoms with Crippen LogP contribution in [0.2, 0.25) is 5.02 Å². The number of Topliss-reactive ketones (excluding diaryl/α,β-unsaturated/α-hetero) is 1. The molecule has 0 aliphatic heterocycles. The van der Waals surface area contributed by atoms with Crippen molar-refractivity contribution < 1.29 is 14.3 Å². The number of phenols is 1. The summed E-state index contributed by atoms with van der Waals surface area (Å²) in [4.78, 5) is 16.9. The molecule has 0 amide bonds. The van der Waals surface area contributed by atoms with Crippen LogP contribution in [0.3, 0.4) is 0 Å². The molecule has 4 rings (SSSR count). The molecular weight excluding hydrogens is 429 g/mol. The molecule has 0 radical (unpaired) electrons. The van der Waals surface area contributed by atoms with Crippen molar-refractivity contribution in [3.8, 4) is 16.9 Å². The van der Waals surface area contributed by atoms with Crippen LogP contribution in [0.4, 0.5) is 10.1 Å². The van der Waals surface area contributed by atoms with Crippen LogP contribution in [0.5, 0.6) is 5.75 Å². The molecule has 1 aliphatic rings. The molecule has 5 nitrogen and oxygen atoms in total. The van der Waals surface area contributed by atoms with Gasteiger partial charge in [0.1, 0.15) is 0 Å². The van der Waals surface area contributed by atoms with E-state index in [4.69, 9.17) is 11.6 Å². The van der Waals surface area contributed by atoms with Crippen molar-refractivity contribution in [1.82, 2.24) is 10.3 Å². The van der Waals surface area contributed by atoms with Crippen molar-refractivity contribution in [2.45, 2.75) is 38.6 Å². The maximum absolute atomic E-state index is 14.1. The second-order valence-corrected chi connectivity index (χ2v) is 8.95. The molecule has 1 saturated carbocycles.